The fourth-order valence-electron chi connectivity index (χ4n) is 2.23. The minimum absolute atomic E-state index is 0.123. The van der Waals surface area contributed by atoms with Crippen LogP contribution in [-0.4, -0.2) is 57.4 Å². The number of nitrogens with zero attached hydrogens (tertiary/aromatic N) is 1. The molecule has 8 nitrogen and oxygen atoms in total. The SMILES string of the molecule is CC(=O)SC1CCNCC1=Cc1csc(NC(=O)OC(C)(C)C)n1.O=C(O)C(F)(F)F. The number of aromatic nitrogens is 1. The molecule has 3 N–H and O–H groups in total. The lowest BCUT2D eigenvalue weighted by molar-refractivity contribution is -0.192. The van der Waals surface area contributed by atoms with Crippen molar-refractivity contribution in [2.45, 2.75) is 51.1 Å². The lowest BCUT2D eigenvalue weighted by Crippen LogP contribution is -2.32. The van der Waals surface area contributed by atoms with Gasteiger partial charge in [0.15, 0.2) is 10.2 Å². The number of alkyl halides is 3. The number of halogens is 3. The maximum atomic E-state index is 11.8. The Hall–Kier alpha value is -2.12. The topological polar surface area (TPSA) is 118 Å². The normalized spacial score (nSPS) is 18.0. The maximum absolute atomic E-state index is 11.8. The number of rotatable bonds is 3. The Morgan fingerprint density at radius 1 is 1.35 bits per heavy atom. The summed E-state index contributed by atoms with van der Waals surface area (Å²) in [6.07, 6.45) is -2.69. The number of thiazole rings is 1. The molecule has 0 aliphatic carbocycles. The van der Waals surface area contributed by atoms with Crippen molar-refractivity contribution in [3.63, 3.8) is 0 Å². The Morgan fingerprint density at radius 3 is 2.48 bits per heavy atom. The minimum atomic E-state index is -5.08. The lowest BCUT2D eigenvalue weighted by atomic mass is 10.1. The van der Waals surface area contributed by atoms with Gasteiger partial charge in [-0.05, 0) is 45.4 Å². The van der Waals surface area contributed by atoms with Crippen molar-refractivity contribution in [2.75, 3.05) is 18.4 Å². The number of carbonyl (C=O) groups excluding carboxylic acids is 2. The second kappa shape index (κ2) is 11.5. The molecule has 174 valence electrons. The van der Waals surface area contributed by atoms with E-state index >= 15 is 0 Å². The van der Waals surface area contributed by atoms with Crippen molar-refractivity contribution in [1.29, 1.82) is 0 Å². The quantitative estimate of drug-likeness (QED) is 0.587. The molecule has 1 atom stereocenters. The molecule has 0 radical (unpaired) electrons. The van der Waals surface area contributed by atoms with Crippen LogP contribution in [0.25, 0.3) is 6.08 Å². The average Bonchev–Trinajstić information content (AvgIpc) is 3.01. The van der Waals surface area contributed by atoms with Crippen LogP contribution in [0.1, 0.15) is 39.8 Å². The third kappa shape index (κ3) is 11.2. The predicted molar refractivity (Wildman–Crippen MR) is 113 cm³/mol. The number of aliphatic carboxylic acids is 1. The highest BCUT2D eigenvalue weighted by Crippen LogP contribution is 2.28. The van der Waals surface area contributed by atoms with Gasteiger partial charge in [-0.1, -0.05) is 11.8 Å². The third-order valence-corrected chi connectivity index (χ3v) is 5.27. The first kappa shape index (κ1) is 26.9. The van der Waals surface area contributed by atoms with E-state index in [1.807, 2.05) is 32.2 Å². The maximum Gasteiger partial charge on any atom is 0.490 e. The van der Waals surface area contributed by atoms with E-state index in [-0.39, 0.29) is 10.4 Å². The van der Waals surface area contributed by atoms with Crippen molar-refractivity contribution in [2.24, 2.45) is 0 Å². The van der Waals surface area contributed by atoms with E-state index in [4.69, 9.17) is 14.6 Å². The molecule has 2 rings (SSSR count). The Labute approximate surface area is 185 Å². The highest BCUT2D eigenvalue weighted by Gasteiger charge is 2.38. The zero-order valence-electron chi connectivity index (χ0n) is 17.3. The second-order valence-corrected chi connectivity index (χ2v) is 9.53. The summed E-state index contributed by atoms with van der Waals surface area (Å²) in [5, 5.41) is 15.8. The molecule has 13 heteroatoms. The number of nitrogens with one attached hydrogen (secondary N) is 2. The zero-order valence-corrected chi connectivity index (χ0v) is 19.0. The van der Waals surface area contributed by atoms with Crippen LogP contribution in [0.5, 0.6) is 0 Å². The molecule has 0 bridgehead atoms. The Bertz CT molecular complexity index is 819. The van der Waals surface area contributed by atoms with Crippen LogP contribution < -0.4 is 10.6 Å². The van der Waals surface area contributed by atoms with E-state index in [2.05, 4.69) is 15.6 Å². The smallest absolute Gasteiger partial charge is 0.475 e. The van der Waals surface area contributed by atoms with Crippen LogP contribution in [0.2, 0.25) is 0 Å². The molecule has 1 unspecified atom stereocenters. The van der Waals surface area contributed by atoms with Crippen molar-refractivity contribution < 1.29 is 37.4 Å². The van der Waals surface area contributed by atoms with Crippen molar-refractivity contribution in [3.05, 3.63) is 16.6 Å². The molecule has 31 heavy (non-hydrogen) atoms. The predicted octanol–water partition coefficient (Wildman–Crippen LogP) is 4.15. The molecule has 1 fully saturated rings. The number of hydrogen-bond acceptors (Lipinski definition) is 8. The number of hydrogen-bond donors (Lipinski definition) is 3. The summed E-state index contributed by atoms with van der Waals surface area (Å²) in [4.78, 5) is 36.4. The Kier molecular flexibility index (Phi) is 9.97. The number of amides is 1. The summed E-state index contributed by atoms with van der Waals surface area (Å²) in [5.74, 6) is -2.76. The van der Waals surface area contributed by atoms with Crippen molar-refractivity contribution >= 4 is 51.5 Å². The van der Waals surface area contributed by atoms with E-state index in [0.29, 0.717) is 5.13 Å². The summed E-state index contributed by atoms with van der Waals surface area (Å²) in [7, 11) is 0. The molecular weight excluding hydrogens is 459 g/mol. The number of carboxylic acid groups (broad SMARTS) is 1. The number of carboxylic acids is 1. The standard InChI is InChI=1S/C16H23N3O3S2.C2HF3O2/c1-10(20)24-13-5-6-17-8-11(13)7-12-9-23-14(18-12)19-15(21)22-16(2,3)4;3-2(4,5)1(6)7/h7,9,13,17H,5-6,8H2,1-4H3,(H,18,19,21);(H,6,7). The lowest BCUT2D eigenvalue weighted by Gasteiger charge is -2.24. The number of piperidine rings is 1. The van der Waals surface area contributed by atoms with Gasteiger partial charge in [0, 0.05) is 24.1 Å². The van der Waals surface area contributed by atoms with Gasteiger partial charge in [0.05, 0.1) is 5.69 Å². The molecule has 1 amide bonds. The van der Waals surface area contributed by atoms with Gasteiger partial charge in [0.2, 0.25) is 0 Å². The summed E-state index contributed by atoms with van der Waals surface area (Å²) >= 11 is 2.71. The first-order valence-corrected chi connectivity index (χ1v) is 10.8. The van der Waals surface area contributed by atoms with E-state index in [9.17, 15) is 22.8 Å². The van der Waals surface area contributed by atoms with Crippen LogP contribution in [0.3, 0.4) is 0 Å². The first-order valence-electron chi connectivity index (χ1n) is 9.01. The van der Waals surface area contributed by atoms with Gasteiger partial charge in [0.25, 0.3) is 0 Å². The Morgan fingerprint density at radius 2 is 1.97 bits per heavy atom. The van der Waals surface area contributed by atoms with E-state index in [1.54, 1.807) is 6.92 Å². The van der Waals surface area contributed by atoms with E-state index in [1.165, 1.54) is 23.1 Å². The highest BCUT2D eigenvalue weighted by molar-refractivity contribution is 8.14. The van der Waals surface area contributed by atoms with Gasteiger partial charge >= 0.3 is 18.2 Å². The van der Waals surface area contributed by atoms with Gasteiger partial charge < -0.3 is 15.2 Å². The molecular formula is C18H24F3N3O5S2. The fraction of sp³-hybridized carbons (Fsp3) is 0.556. The average molecular weight is 484 g/mol. The van der Waals surface area contributed by atoms with Gasteiger partial charge in [-0.15, -0.1) is 11.3 Å². The molecule has 1 saturated heterocycles. The minimum Gasteiger partial charge on any atom is -0.475 e. The third-order valence-electron chi connectivity index (χ3n) is 3.34. The molecule has 2 heterocycles. The van der Waals surface area contributed by atoms with Crippen LogP contribution in [-0.2, 0) is 14.3 Å². The summed E-state index contributed by atoms with van der Waals surface area (Å²) in [6.45, 7) is 8.69. The molecule has 0 saturated carbocycles. The summed E-state index contributed by atoms with van der Waals surface area (Å²) in [6, 6.07) is 0. The zero-order chi connectivity index (χ0) is 23.8. The van der Waals surface area contributed by atoms with E-state index < -0.39 is 23.8 Å². The molecule has 1 aromatic rings. The van der Waals surface area contributed by atoms with Gasteiger partial charge in [-0.25, -0.2) is 14.6 Å². The number of anilines is 1. The van der Waals surface area contributed by atoms with Gasteiger partial charge in [0.1, 0.15) is 5.60 Å². The molecule has 1 aromatic heterocycles. The van der Waals surface area contributed by atoms with Crippen LogP contribution in [0, 0.1) is 0 Å². The molecule has 1 aliphatic heterocycles. The largest absolute Gasteiger partial charge is 0.490 e. The van der Waals surface area contributed by atoms with Crippen LogP contribution >= 0.6 is 23.1 Å². The monoisotopic (exact) mass is 483 g/mol. The van der Waals surface area contributed by atoms with Crippen LogP contribution in [0.15, 0.2) is 11.0 Å². The van der Waals surface area contributed by atoms with Crippen LogP contribution in [0.4, 0.5) is 23.1 Å². The van der Waals surface area contributed by atoms with E-state index in [0.717, 1.165) is 30.8 Å². The fourth-order valence-corrected chi connectivity index (χ4v) is 3.83. The van der Waals surface area contributed by atoms with Crippen molar-refractivity contribution in [3.8, 4) is 0 Å². The number of carbonyl (C=O) groups is 3. The van der Waals surface area contributed by atoms with Gasteiger partial charge in [-0.3, -0.25) is 10.1 Å². The second-order valence-electron chi connectivity index (χ2n) is 7.29. The summed E-state index contributed by atoms with van der Waals surface area (Å²) < 4.78 is 36.9. The first-order chi connectivity index (χ1) is 14.2. The number of ether oxygens (including phenoxy) is 1. The Balaban J connectivity index is 0.000000592. The van der Waals surface area contributed by atoms with Gasteiger partial charge in [-0.2, -0.15) is 13.2 Å². The van der Waals surface area contributed by atoms with Crippen molar-refractivity contribution in [1.82, 2.24) is 10.3 Å². The molecule has 0 aromatic carbocycles. The molecule has 1 aliphatic rings. The molecule has 0 spiro atoms. The highest BCUT2D eigenvalue weighted by atomic mass is 32.2. The summed E-state index contributed by atoms with van der Waals surface area (Å²) in [5.41, 5.74) is 1.38. The number of thioether (sulfide) groups is 1.